The average molecular weight is 286 g/mol. The summed E-state index contributed by atoms with van der Waals surface area (Å²) in [6, 6.07) is 0.0653. The van der Waals surface area contributed by atoms with Gasteiger partial charge in [-0.1, -0.05) is 6.42 Å². The number of aromatic amines is 1. The van der Waals surface area contributed by atoms with Crippen molar-refractivity contribution in [3.63, 3.8) is 0 Å². The van der Waals surface area contributed by atoms with Gasteiger partial charge in [0.25, 0.3) is 0 Å². The van der Waals surface area contributed by atoms with E-state index >= 15 is 0 Å². The van der Waals surface area contributed by atoms with Gasteiger partial charge in [0.05, 0.1) is 11.4 Å². The molecule has 19 heavy (non-hydrogen) atoms. The number of hydrogen-bond acceptors (Lipinski definition) is 4. The summed E-state index contributed by atoms with van der Waals surface area (Å²) in [7, 11) is -1.67. The Bertz CT molecular complexity index is 538. The molecule has 7 heteroatoms. The van der Waals surface area contributed by atoms with Crippen LogP contribution >= 0.6 is 0 Å². The van der Waals surface area contributed by atoms with E-state index < -0.39 is 10.0 Å². The molecule has 0 spiro atoms. The van der Waals surface area contributed by atoms with Gasteiger partial charge >= 0.3 is 0 Å². The number of aryl methyl sites for hydroxylation is 1. The SMILES string of the molecule is CNCc1n[nH]c(C)c1S(=O)(=O)N1CCCCC1C. The van der Waals surface area contributed by atoms with Crippen LogP contribution in [0.1, 0.15) is 37.6 Å². The lowest BCUT2D eigenvalue weighted by atomic mass is 10.1. The van der Waals surface area contributed by atoms with Crippen LogP contribution in [0.4, 0.5) is 0 Å². The lowest BCUT2D eigenvalue weighted by molar-refractivity contribution is 0.268. The molecular weight excluding hydrogens is 264 g/mol. The Morgan fingerprint density at radius 1 is 1.47 bits per heavy atom. The van der Waals surface area contributed by atoms with E-state index in [2.05, 4.69) is 15.5 Å². The van der Waals surface area contributed by atoms with Gasteiger partial charge < -0.3 is 5.32 Å². The molecular formula is C12H22N4O2S. The van der Waals surface area contributed by atoms with Crippen molar-refractivity contribution in [2.24, 2.45) is 0 Å². The molecule has 1 saturated heterocycles. The number of hydrogen-bond donors (Lipinski definition) is 2. The van der Waals surface area contributed by atoms with Crippen molar-refractivity contribution in [1.82, 2.24) is 19.8 Å². The van der Waals surface area contributed by atoms with E-state index in [9.17, 15) is 8.42 Å². The summed E-state index contributed by atoms with van der Waals surface area (Å²) in [5.74, 6) is 0. The molecule has 0 bridgehead atoms. The summed E-state index contributed by atoms with van der Waals surface area (Å²) in [5.41, 5.74) is 1.18. The van der Waals surface area contributed by atoms with Crippen LogP contribution in [0.25, 0.3) is 0 Å². The zero-order chi connectivity index (χ0) is 14.0. The Labute approximate surface area is 114 Å². The quantitative estimate of drug-likeness (QED) is 0.865. The van der Waals surface area contributed by atoms with Gasteiger partial charge in [0.15, 0.2) is 0 Å². The van der Waals surface area contributed by atoms with E-state index in [0.717, 1.165) is 19.3 Å². The topological polar surface area (TPSA) is 78.1 Å². The van der Waals surface area contributed by atoms with Gasteiger partial charge in [0.2, 0.25) is 10.0 Å². The molecule has 2 N–H and O–H groups in total. The van der Waals surface area contributed by atoms with Crippen LogP contribution in [0.3, 0.4) is 0 Å². The van der Waals surface area contributed by atoms with Crippen LogP contribution in [-0.2, 0) is 16.6 Å². The zero-order valence-electron chi connectivity index (χ0n) is 11.7. The minimum Gasteiger partial charge on any atom is -0.314 e. The molecule has 1 aliphatic rings. The second kappa shape index (κ2) is 5.60. The Hall–Kier alpha value is -0.920. The number of aromatic nitrogens is 2. The predicted octanol–water partition coefficient (Wildman–Crippen LogP) is 1.00. The Morgan fingerprint density at radius 2 is 2.21 bits per heavy atom. The van der Waals surface area contributed by atoms with Crippen LogP contribution in [0, 0.1) is 6.92 Å². The van der Waals surface area contributed by atoms with Crippen LogP contribution in [-0.4, -0.2) is 42.6 Å². The van der Waals surface area contributed by atoms with Crippen molar-refractivity contribution in [1.29, 1.82) is 0 Å². The number of H-pyrrole nitrogens is 1. The third-order valence-corrected chi connectivity index (χ3v) is 5.83. The number of nitrogens with one attached hydrogen (secondary N) is 2. The van der Waals surface area contributed by atoms with Crippen molar-refractivity contribution < 1.29 is 8.42 Å². The van der Waals surface area contributed by atoms with Gasteiger partial charge in [-0.3, -0.25) is 5.10 Å². The summed E-state index contributed by atoms with van der Waals surface area (Å²) in [6.07, 6.45) is 2.96. The molecule has 2 rings (SSSR count). The van der Waals surface area contributed by atoms with Gasteiger partial charge in [-0.05, 0) is 33.7 Å². The maximum atomic E-state index is 12.8. The van der Waals surface area contributed by atoms with Crippen molar-refractivity contribution in [3.8, 4) is 0 Å². The fourth-order valence-electron chi connectivity index (χ4n) is 2.65. The van der Waals surface area contributed by atoms with Gasteiger partial charge in [0, 0.05) is 19.1 Å². The number of rotatable bonds is 4. The van der Waals surface area contributed by atoms with E-state index in [1.807, 2.05) is 6.92 Å². The molecule has 0 saturated carbocycles. The highest BCUT2D eigenvalue weighted by Gasteiger charge is 2.34. The maximum Gasteiger partial charge on any atom is 0.247 e. The van der Waals surface area contributed by atoms with Gasteiger partial charge in [-0.15, -0.1) is 0 Å². The van der Waals surface area contributed by atoms with Gasteiger partial charge in [-0.2, -0.15) is 9.40 Å². The first-order valence-electron chi connectivity index (χ1n) is 6.68. The largest absolute Gasteiger partial charge is 0.314 e. The predicted molar refractivity (Wildman–Crippen MR) is 73.3 cm³/mol. The van der Waals surface area contributed by atoms with Gasteiger partial charge in [0.1, 0.15) is 4.90 Å². The first-order chi connectivity index (χ1) is 8.98. The molecule has 0 radical (unpaired) electrons. The van der Waals surface area contributed by atoms with E-state index in [4.69, 9.17) is 0 Å². The minimum absolute atomic E-state index is 0.0653. The van der Waals surface area contributed by atoms with Crippen molar-refractivity contribution in [2.75, 3.05) is 13.6 Å². The molecule has 1 aliphatic heterocycles. The highest BCUT2D eigenvalue weighted by Crippen LogP contribution is 2.28. The van der Waals surface area contributed by atoms with Gasteiger partial charge in [-0.25, -0.2) is 8.42 Å². The third-order valence-electron chi connectivity index (χ3n) is 3.61. The van der Waals surface area contributed by atoms with Crippen LogP contribution in [0.5, 0.6) is 0 Å². The summed E-state index contributed by atoms with van der Waals surface area (Å²) >= 11 is 0. The van der Waals surface area contributed by atoms with E-state index in [1.54, 1.807) is 18.3 Å². The van der Waals surface area contributed by atoms with Crippen molar-refractivity contribution >= 4 is 10.0 Å². The van der Waals surface area contributed by atoms with Crippen LogP contribution < -0.4 is 5.32 Å². The molecule has 108 valence electrons. The third kappa shape index (κ3) is 2.68. The monoisotopic (exact) mass is 286 g/mol. The second-order valence-corrected chi connectivity index (χ2v) is 6.94. The van der Waals surface area contributed by atoms with Crippen molar-refractivity contribution in [3.05, 3.63) is 11.4 Å². The molecule has 1 unspecified atom stereocenters. The molecule has 1 aromatic heterocycles. The fraction of sp³-hybridized carbons (Fsp3) is 0.750. The highest BCUT2D eigenvalue weighted by atomic mass is 32.2. The lowest BCUT2D eigenvalue weighted by Gasteiger charge is -2.32. The lowest BCUT2D eigenvalue weighted by Crippen LogP contribution is -2.42. The first kappa shape index (κ1) is 14.5. The molecule has 1 aromatic rings. The molecule has 6 nitrogen and oxygen atoms in total. The average Bonchev–Trinajstić information content (AvgIpc) is 2.72. The molecule has 1 atom stereocenters. The Balaban J connectivity index is 2.41. The summed E-state index contributed by atoms with van der Waals surface area (Å²) in [6.45, 7) is 4.78. The molecule has 0 amide bonds. The Kier molecular flexibility index (Phi) is 4.27. The fourth-order valence-corrected chi connectivity index (χ4v) is 4.68. The number of sulfonamides is 1. The van der Waals surface area contributed by atoms with E-state index in [1.165, 1.54) is 0 Å². The first-order valence-corrected chi connectivity index (χ1v) is 8.12. The van der Waals surface area contributed by atoms with Crippen LogP contribution in [0.15, 0.2) is 4.90 Å². The van der Waals surface area contributed by atoms with Crippen molar-refractivity contribution in [2.45, 2.75) is 50.6 Å². The smallest absolute Gasteiger partial charge is 0.247 e. The van der Waals surface area contributed by atoms with E-state index in [0.29, 0.717) is 29.4 Å². The Morgan fingerprint density at radius 3 is 2.84 bits per heavy atom. The highest BCUT2D eigenvalue weighted by molar-refractivity contribution is 7.89. The summed E-state index contributed by atoms with van der Waals surface area (Å²) < 4.78 is 27.2. The van der Waals surface area contributed by atoms with E-state index in [-0.39, 0.29) is 6.04 Å². The second-order valence-electron chi connectivity index (χ2n) is 5.12. The maximum absolute atomic E-state index is 12.8. The molecule has 0 aliphatic carbocycles. The molecule has 1 fully saturated rings. The number of nitrogens with zero attached hydrogens (tertiary/aromatic N) is 2. The normalized spacial score (nSPS) is 21.7. The molecule has 0 aromatic carbocycles. The molecule has 2 heterocycles. The number of piperidine rings is 1. The summed E-state index contributed by atoms with van der Waals surface area (Å²) in [5, 5.41) is 9.84. The summed E-state index contributed by atoms with van der Waals surface area (Å²) in [4.78, 5) is 0.343. The van der Waals surface area contributed by atoms with Crippen LogP contribution in [0.2, 0.25) is 0 Å². The standard InChI is InChI=1S/C12H22N4O2S/c1-9-6-4-5-7-16(9)19(17,18)12-10(2)14-15-11(12)8-13-3/h9,13H,4-8H2,1-3H3,(H,14,15). The minimum atomic E-state index is -3.45. The zero-order valence-corrected chi connectivity index (χ0v) is 12.5.